The number of hydrogen-bond acceptors (Lipinski definition) is 5. The van der Waals surface area contributed by atoms with Crippen molar-refractivity contribution in [2.45, 2.75) is 76.5 Å². The second-order valence-electron chi connectivity index (χ2n) is 8.24. The van der Waals surface area contributed by atoms with Gasteiger partial charge in [-0.1, -0.05) is 18.7 Å². The number of nitrogens with zero attached hydrogens (tertiary/aromatic N) is 3. The van der Waals surface area contributed by atoms with Gasteiger partial charge in [0.2, 0.25) is 5.91 Å². The predicted molar refractivity (Wildman–Crippen MR) is 110 cm³/mol. The first-order valence-corrected chi connectivity index (χ1v) is 11.4. The van der Waals surface area contributed by atoms with Crippen molar-refractivity contribution in [1.82, 2.24) is 14.9 Å². The minimum atomic E-state index is 0.202. The van der Waals surface area contributed by atoms with E-state index in [1.54, 1.807) is 11.8 Å². The summed E-state index contributed by atoms with van der Waals surface area (Å²) in [7, 11) is 0. The molecule has 2 aromatic rings. The third-order valence-corrected chi connectivity index (χ3v) is 6.51. The minimum Gasteiger partial charge on any atom is -0.464 e. The Kier molecular flexibility index (Phi) is 5.50. The first-order valence-electron chi connectivity index (χ1n) is 10.2. The lowest BCUT2D eigenvalue weighted by molar-refractivity contribution is -0.132. The zero-order valence-corrected chi connectivity index (χ0v) is 18.0. The average molecular weight is 400 g/mol. The molecule has 0 saturated heterocycles. The fourth-order valence-corrected chi connectivity index (χ4v) is 4.37. The highest BCUT2D eigenvalue weighted by Gasteiger charge is 2.37. The highest BCUT2D eigenvalue weighted by molar-refractivity contribution is 7.98. The van der Waals surface area contributed by atoms with Crippen LogP contribution in [0.2, 0.25) is 0 Å². The lowest BCUT2D eigenvalue weighted by atomic mass is 10.1. The van der Waals surface area contributed by atoms with Crippen LogP contribution in [0.4, 0.5) is 0 Å². The number of carbonyl (C=O) groups is 1. The van der Waals surface area contributed by atoms with E-state index in [4.69, 9.17) is 4.42 Å². The summed E-state index contributed by atoms with van der Waals surface area (Å²) < 4.78 is 6.05. The minimum absolute atomic E-state index is 0.202. The molecule has 0 bridgehead atoms. The lowest BCUT2D eigenvalue weighted by Crippen LogP contribution is -2.32. The molecule has 5 nitrogen and oxygen atoms in total. The molecule has 4 rings (SSSR count). The molecule has 2 aliphatic carbocycles. The molecular weight excluding hydrogens is 370 g/mol. The maximum Gasteiger partial charge on any atom is 0.223 e. The molecule has 0 aromatic carbocycles. The van der Waals surface area contributed by atoms with Gasteiger partial charge < -0.3 is 9.32 Å². The Morgan fingerprint density at radius 3 is 2.50 bits per heavy atom. The van der Waals surface area contributed by atoms with Crippen LogP contribution in [0, 0.1) is 19.8 Å². The number of rotatable bonds is 8. The molecule has 0 radical (unpaired) electrons. The van der Waals surface area contributed by atoms with E-state index in [1.165, 1.54) is 6.42 Å². The summed E-state index contributed by atoms with van der Waals surface area (Å²) in [4.78, 5) is 24.1. The molecule has 2 aromatic heterocycles. The largest absolute Gasteiger partial charge is 0.464 e. The van der Waals surface area contributed by atoms with Crippen LogP contribution in [0.15, 0.2) is 21.7 Å². The first kappa shape index (κ1) is 19.5. The summed E-state index contributed by atoms with van der Waals surface area (Å²) in [5.41, 5.74) is 3.07. The van der Waals surface area contributed by atoms with Crippen LogP contribution in [0.5, 0.6) is 0 Å². The van der Waals surface area contributed by atoms with Crippen molar-refractivity contribution in [3.63, 3.8) is 0 Å². The van der Waals surface area contributed by atoms with E-state index in [-0.39, 0.29) is 5.91 Å². The van der Waals surface area contributed by atoms with Gasteiger partial charge in [-0.2, -0.15) is 0 Å². The van der Waals surface area contributed by atoms with Gasteiger partial charge >= 0.3 is 0 Å². The number of thioether (sulfide) groups is 1. The van der Waals surface area contributed by atoms with Gasteiger partial charge in [-0.25, -0.2) is 9.97 Å². The van der Waals surface area contributed by atoms with Crippen LogP contribution >= 0.6 is 11.8 Å². The second kappa shape index (κ2) is 7.90. The SMILES string of the molecule is CSc1nc(C)c(CCC(=O)N(Cc2ccc(C3CC3C)o2)C2CC2)c(C)n1. The number of aromatic nitrogens is 2. The smallest absolute Gasteiger partial charge is 0.223 e. The van der Waals surface area contributed by atoms with Crippen LogP contribution in [0.3, 0.4) is 0 Å². The van der Waals surface area contributed by atoms with E-state index < -0.39 is 0 Å². The summed E-state index contributed by atoms with van der Waals surface area (Å²) in [5, 5.41) is 0.795. The molecule has 2 unspecified atom stereocenters. The topological polar surface area (TPSA) is 59.2 Å². The van der Waals surface area contributed by atoms with Crippen molar-refractivity contribution < 1.29 is 9.21 Å². The molecule has 2 atom stereocenters. The van der Waals surface area contributed by atoms with Gasteiger partial charge in [-0.3, -0.25) is 4.79 Å². The third-order valence-electron chi connectivity index (χ3n) is 5.96. The Bertz CT molecular complexity index is 851. The van der Waals surface area contributed by atoms with E-state index >= 15 is 0 Å². The van der Waals surface area contributed by atoms with Crippen molar-refractivity contribution >= 4 is 17.7 Å². The fraction of sp³-hybridized carbons (Fsp3) is 0.591. The summed E-state index contributed by atoms with van der Waals surface area (Å²) >= 11 is 1.55. The van der Waals surface area contributed by atoms with Crippen LogP contribution in [0.25, 0.3) is 0 Å². The van der Waals surface area contributed by atoms with E-state index in [2.05, 4.69) is 23.0 Å². The number of hydrogen-bond donors (Lipinski definition) is 0. The van der Waals surface area contributed by atoms with Gasteiger partial charge in [0.15, 0.2) is 5.16 Å². The van der Waals surface area contributed by atoms with Crippen LogP contribution in [-0.2, 0) is 17.8 Å². The summed E-state index contributed by atoms with van der Waals surface area (Å²) in [5.74, 6) is 3.51. The molecule has 150 valence electrons. The summed E-state index contributed by atoms with van der Waals surface area (Å²) in [6.07, 6.45) is 6.58. The number of furan rings is 1. The van der Waals surface area contributed by atoms with Crippen molar-refractivity contribution in [3.8, 4) is 0 Å². The molecular formula is C22H29N3O2S. The molecule has 2 heterocycles. The van der Waals surface area contributed by atoms with E-state index in [1.807, 2.05) is 31.1 Å². The average Bonchev–Trinajstić information content (AvgIpc) is 3.58. The Morgan fingerprint density at radius 2 is 1.93 bits per heavy atom. The first-order chi connectivity index (χ1) is 13.5. The Hall–Kier alpha value is -1.82. The summed E-state index contributed by atoms with van der Waals surface area (Å²) in [6, 6.07) is 4.51. The zero-order valence-electron chi connectivity index (χ0n) is 17.2. The van der Waals surface area contributed by atoms with Crippen molar-refractivity contribution in [3.05, 3.63) is 40.6 Å². The molecule has 2 fully saturated rings. The van der Waals surface area contributed by atoms with Gasteiger partial charge in [0.1, 0.15) is 11.5 Å². The van der Waals surface area contributed by atoms with Crippen LogP contribution in [-0.4, -0.2) is 33.1 Å². The molecule has 0 aliphatic heterocycles. The molecule has 0 spiro atoms. The summed E-state index contributed by atoms with van der Waals surface area (Å²) in [6.45, 7) is 6.86. The van der Waals surface area contributed by atoms with Gasteiger partial charge in [-0.05, 0) is 69.4 Å². The van der Waals surface area contributed by atoms with E-state index in [0.29, 0.717) is 31.3 Å². The normalized spacial score (nSPS) is 21.0. The fourth-order valence-electron chi connectivity index (χ4n) is 3.91. The lowest BCUT2D eigenvalue weighted by Gasteiger charge is -2.22. The zero-order chi connectivity index (χ0) is 19.8. The third kappa shape index (κ3) is 4.27. The number of carbonyl (C=O) groups excluding carboxylic acids is 1. The molecule has 6 heteroatoms. The molecule has 28 heavy (non-hydrogen) atoms. The Labute approximate surface area is 171 Å². The highest BCUT2D eigenvalue weighted by Crippen LogP contribution is 2.47. The Balaban J connectivity index is 1.40. The molecule has 2 aliphatic rings. The van der Waals surface area contributed by atoms with Gasteiger partial charge in [-0.15, -0.1) is 0 Å². The standard InChI is InChI=1S/C22H29N3O2S/c1-13-11-19(13)20-9-7-17(27-20)12-25(16-5-6-16)21(26)10-8-18-14(2)23-22(28-4)24-15(18)3/h7,9,13,16,19H,5-6,8,10-12H2,1-4H3. The predicted octanol–water partition coefficient (Wildman–Crippen LogP) is 4.66. The van der Waals surface area contributed by atoms with Crippen LogP contribution < -0.4 is 0 Å². The second-order valence-corrected chi connectivity index (χ2v) is 9.01. The molecule has 1 amide bonds. The van der Waals surface area contributed by atoms with Crippen molar-refractivity contribution in [1.29, 1.82) is 0 Å². The number of aryl methyl sites for hydroxylation is 2. The highest BCUT2D eigenvalue weighted by atomic mass is 32.2. The van der Waals surface area contributed by atoms with E-state index in [9.17, 15) is 4.79 Å². The molecule has 2 saturated carbocycles. The quantitative estimate of drug-likeness (QED) is 0.477. The number of amides is 1. The Morgan fingerprint density at radius 1 is 1.25 bits per heavy atom. The van der Waals surface area contributed by atoms with Crippen molar-refractivity contribution in [2.24, 2.45) is 5.92 Å². The molecule has 0 N–H and O–H groups in total. The van der Waals surface area contributed by atoms with Crippen LogP contribution in [0.1, 0.15) is 67.0 Å². The van der Waals surface area contributed by atoms with Gasteiger partial charge in [0.05, 0.1) is 6.54 Å². The van der Waals surface area contributed by atoms with Crippen molar-refractivity contribution in [2.75, 3.05) is 6.26 Å². The van der Waals surface area contributed by atoms with Gasteiger partial charge in [0, 0.05) is 29.8 Å². The maximum absolute atomic E-state index is 13.0. The maximum atomic E-state index is 13.0. The van der Waals surface area contributed by atoms with Gasteiger partial charge in [0.25, 0.3) is 0 Å². The van der Waals surface area contributed by atoms with E-state index in [0.717, 1.165) is 52.4 Å². The monoisotopic (exact) mass is 399 g/mol.